The van der Waals surface area contributed by atoms with Gasteiger partial charge in [-0.3, -0.25) is 9.69 Å². The number of carbonyl (C=O) groups excluding carboxylic acids is 2. The van der Waals surface area contributed by atoms with Gasteiger partial charge in [-0.05, 0) is 56.6 Å². The number of hydrogen-bond donors (Lipinski definition) is 2. The Labute approximate surface area is 136 Å². The molecule has 1 aromatic carbocycles. The highest BCUT2D eigenvalue weighted by molar-refractivity contribution is 5.97. The smallest absolute Gasteiger partial charge is 0.321 e. The average molecular weight is 316 g/mol. The summed E-state index contributed by atoms with van der Waals surface area (Å²) in [6.07, 6.45) is 2.23. The lowest BCUT2D eigenvalue weighted by molar-refractivity contribution is 0.0674. The topological polar surface area (TPSA) is 64.7 Å². The van der Waals surface area contributed by atoms with E-state index in [4.69, 9.17) is 0 Å². The molecule has 3 amide bonds. The molecule has 2 aliphatic heterocycles. The zero-order valence-electron chi connectivity index (χ0n) is 13.5. The molecular weight excluding hydrogens is 292 g/mol. The van der Waals surface area contributed by atoms with Crippen LogP contribution in [0.25, 0.3) is 0 Å². The quantitative estimate of drug-likeness (QED) is 0.880. The van der Waals surface area contributed by atoms with E-state index in [9.17, 15) is 9.59 Å². The van der Waals surface area contributed by atoms with Crippen LogP contribution in [0.5, 0.6) is 0 Å². The Morgan fingerprint density at radius 1 is 1.30 bits per heavy atom. The number of nitrogens with one attached hydrogen (secondary N) is 2. The van der Waals surface area contributed by atoms with Crippen molar-refractivity contribution < 1.29 is 9.59 Å². The first-order valence-corrected chi connectivity index (χ1v) is 8.28. The fourth-order valence-electron chi connectivity index (χ4n) is 3.39. The maximum atomic E-state index is 12.7. The molecule has 2 N–H and O–H groups in total. The molecule has 0 aliphatic carbocycles. The van der Waals surface area contributed by atoms with Crippen LogP contribution in [0.2, 0.25) is 0 Å². The molecule has 0 radical (unpaired) electrons. The summed E-state index contributed by atoms with van der Waals surface area (Å²) in [5.74, 6) is 0.619. The Morgan fingerprint density at radius 2 is 2.09 bits per heavy atom. The number of urea groups is 1. The second-order valence-electron chi connectivity index (χ2n) is 6.25. The van der Waals surface area contributed by atoms with E-state index >= 15 is 0 Å². The van der Waals surface area contributed by atoms with E-state index in [0.29, 0.717) is 24.6 Å². The van der Waals surface area contributed by atoms with E-state index in [0.717, 1.165) is 31.7 Å². The van der Waals surface area contributed by atoms with Crippen LogP contribution in [0.15, 0.2) is 24.3 Å². The lowest BCUT2D eigenvalue weighted by atomic mass is 9.97. The number of rotatable bonds is 4. The van der Waals surface area contributed by atoms with Crippen molar-refractivity contribution in [1.82, 2.24) is 15.5 Å². The van der Waals surface area contributed by atoms with Crippen molar-refractivity contribution in [2.24, 2.45) is 5.92 Å². The molecule has 2 aliphatic rings. The first-order valence-electron chi connectivity index (χ1n) is 8.28. The molecule has 6 heteroatoms. The molecule has 23 heavy (non-hydrogen) atoms. The summed E-state index contributed by atoms with van der Waals surface area (Å²) in [5, 5.41) is 5.98. The number of amides is 3. The highest BCUT2D eigenvalue weighted by Gasteiger charge is 2.25. The maximum absolute atomic E-state index is 12.7. The Morgan fingerprint density at radius 3 is 2.74 bits per heavy atom. The molecule has 0 saturated carbocycles. The largest absolute Gasteiger partial charge is 0.338 e. The molecule has 1 aromatic rings. The van der Waals surface area contributed by atoms with Gasteiger partial charge in [0.15, 0.2) is 0 Å². The van der Waals surface area contributed by atoms with E-state index in [1.54, 1.807) is 4.90 Å². The highest BCUT2D eigenvalue weighted by Crippen LogP contribution is 2.21. The standard InChI is InChI=1S/C17H24N4O2/c1-18-11-13-3-2-9-20(12-13)16(22)14-4-6-15(7-5-14)21-10-8-19-17(21)23/h4-7,13,18H,2-3,8-12H2,1H3,(H,19,23)/t13-/m0/s1. The molecule has 6 nitrogen and oxygen atoms in total. The van der Waals surface area contributed by atoms with E-state index < -0.39 is 0 Å². The normalized spacial score (nSPS) is 21.4. The number of piperidine rings is 1. The van der Waals surface area contributed by atoms with Crippen LogP contribution in [-0.4, -0.2) is 56.6 Å². The summed E-state index contributed by atoms with van der Waals surface area (Å²) < 4.78 is 0. The van der Waals surface area contributed by atoms with Crippen LogP contribution in [0.1, 0.15) is 23.2 Å². The Hall–Kier alpha value is -2.08. The zero-order chi connectivity index (χ0) is 16.2. The summed E-state index contributed by atoms with van der Waals surface area (Å²) in [6, 6.07) is 7.28. The molecule has 0 unspecified atom stereocenters. The first-order chi connectivity index (χ1) is 11.2. The number of anilines is 1. The van der Waals surface area contributed by atoms with Crippen LogP contribution >= 0.6 is 0 Å². The molecule has 2 saturated heterocycles. The van der Waals surface area contributed by atoms with Gasteiger partial charge in [0.05, 0.1) is 0 Å². The summed E-state index contributed by atoms with van der Waals surface area (Å²) in [5.41, 5.74) is 1.53. The van der Waals surface area contributed by atoms with Gasteiger partial charge in [-0.1, -0.05) is 0 Å². The molecule has 0 spiro atoms. The number of hydrogen-bond acceptors (Lipinski definition) is 3. The number of likely N-dealkylation sites (tertiary alicyclic amines) is 1. The highest BCUT2D eigenvalue weighted by atomic mass is 16.2. The van der Waals surface area contributed by atoms with Gasteiger partial charge in [0.1, 0.15) is 0 Å². The number of nitrogens with zero attached hydrogens (tertiary/aromatic N) is 2. The minimum atomic E-state index is -0.0741. The predicted molar refractivity (Wildman–Crippen MR) is 89.7 cm³/mol. The van der Waals surface area contributed by atoms with Gasteiger partial charge in [0.2, 0.25) is 0 Å². The second kappa shape index (κ2) is 7.00. The van der Waals surface area contributed by atoms with Crippen LogP contribution in [0.3, 0.4) is 0 Å². The van der Waals surface area contributed by atoms with Crippen molar-refractivity contribution in [3.05, 3.63) is 29.8 Å². The van der Waals surface area contributed by atoms with E-state index in [-0.39, 0.29) is 11.9 Å². The third-order valence-corrected chi connectivity index (χ3v) is 4.58. The summed E-state index contributed by atoms with van der Waals surface area (Å²) >= 11 is 0. The SMILES string of the molecule is CNC[C@@H]1CCCN(C(=O)c2ccc(N3CCNC3=O)cc2)C1. The third kappa shape index (κ3) is 3.47. The molecule has 0 bridgehead atoms. The molecule has 124 valence electrons. The van der Waals surface area contributed by atoms with Gasteiger partial charge in [-0.15, -0.1) is 0 Å². The summed E-state index contributed by atoms with van der Waals surface area (Å²) in [7, 11) is 1.95. The minimum Gasteiger partial charge on any atom is -0.338 e. The van der Waals surface area contributed by atoms with Gasteiger partial charge in [-0.2, -0.15) is 0 Å². The van der Waals surface area contributed by atoms with Crippen molar-refractivity contribution in [3.63, 3.8) is 0 Å². The van der Waals surface area contributed by atoms with Crippen LogP contribution in [-0.2, 0) is 0 Å². The average Bonchev–Trinajstić information content (AvgIpc) is 3.01. The second-order valence-corrected chi connectivity index (χ2v) is 6.25. The molecule has 2 heterocycles. The predicted octanol–water partition coefficient (Wildman–Crippen LogP) is 1.29. The van der Waals surface area contributed by atoms with Crippen LogP contribution in [0, 0.1) is 5.92 Å². The van der Waals surface area contributed by atoms with Crippen LogP contribution in [0.4, 0.5) is 10.5 Å². The molecule has 0 aromatic heterocycles. The summed E-state index contributed by atoms with van der Waals surface area (Å²) in [4.78, 5) is 28.0. The minimum absolute atomic E-state index is 0.0741. The zero-order valence-corrected chi connectivity index (χ0v) is 13.5. The van der Waals surface area contributed by atoms with Crippen molar-refractivity contribution in [2.75, 3.05) is 44.7 Å². The molecule has 2 fully saturated rings. The fourth-order valence-corrected chi connectivity index (χ4v) is 3.39. The van der Waals surface area contributed by atoms with Gasteiger partial charge in [0.25, 0.3) is 5.91 Å². The van der Waals surface area contributed by atoms with Crippen molar-refractivity contribution >= 4 is 17.6 Å². The Balaban J connectivity index is 1.66. The number of benzene rings is 1. The summed E-state index contributed by atoms with van der Waals surface area (Å²) in [6.45, 7) is 3.93. The third-order valence-electron chi connectivity index (χ3n) is 4.58. The Bertz CT molecular complexity index is 570. The monoisotopic (exact) mass is 316 g/mol. The van der Waals surface area contributed by atoms with Gasteiger partial charge >= 0.3 is 6.03 Å². The fraction of sp³-hybridized carbons (Fsp3) is 0.529. The molecule has 3 rings (SSSR count). The van der Waals surface area contributed by atoms with Crippen molar-refractivity contribution in [2.45, 2.75) is 12.8 Å². The van der Waals surface area contributed by atoms with Crippen LogP contribution < -0.4 is 15.5 Å². The lowest BCUT2D eigenvalue weighted by Gasteiger charge is -2.32. The van der Waals surface area contributed by atoms with E-state index in [1.807, 2.05) is 36.2 Å². The van der Waals surface area contributed by atoms with Crippen molar-refractivity contribution in [1.29, 1.82) is 0 Å². The lowest BCUT2D eigenvalue weighted by Crippen LogP contribution is -2.42. The number of carbonyl (C=O) groups is 2. The van der Waals surface area contributed by atoms with Gasteiger partial charge in [-0.25, -0.2) is 4.79 Å². The molecular formula is C17H24N4O2. The first kappa shape index (κ1) is 15.8. The van der Waals surface area contributed by atoms with Gasteiger partial charge in [0, 0.05) is 37.4 Å². The van der Waals surface area contributed by atoms with Crippen molar-refractivity contribution in [3.8, 4) is 0 Å². The maximum Gasteiger partial charge on any atom is 0.321 e. The van der Waals surface area contributed by atoms with Gasteiger partial charge < -0.3 is 15.5 Å². The Kier molecular flexibility index (Phi) is 4.81. The van der Waals surface area contributed by atoms with E-state index in [1.165, 1.54) is 6.42 Å². The molecule has 1 atom stereocenters. The van der Waals surface area contributed by atoms with E-state index in [2.05, 4.69) is 10.6 Å².